The van der Waals surface area contributed by atoms with E-state index >= 15 is 0 Å². The first kappa shape index (κ1) is 23.8. The molecule has 0 aliphatic carbocycles. The molecule has 4 rings (SSSR count). The zero-order valence-corrected chi connectivity index (χ0v) is 19.4. The summed E-state index contributed by atoms with van der Waals surface area (Å²) in [5, 5.41) is 12.2. The fourth-order valence-corrected chi connectivity index (χ4v) is 3.62. The number of hydrogen-bond donors (Lipinski definition) is 2. The van der Waals surface area contributed by atoms with Gasteiger partial charge < -0.3 is 14.6 Å². The quantitative estimate of drug-likeness (QED) is 0.366. The van der Waals surface area contributed by atoms with Crippen LogP contribution in [0.25, 0.3) is 6.08 Å². The number of imide groups is 2. The molecule has 3 aromatic rings. The van der Waals surface area contributed by atoms with Crippen LogP contribution in [0.4, 0.5) is 10.5 Å². The van der Waals surface area contributed by atoms with Gasteiger partial charge in [0.1, 0.15) is 17.9 Å². The Morgan fingerprint density at radius 2 is 1.71 bits per heavy atom. The van der Waals surface area contributed by atoms with Crippen molar-refractivity contribution in [1.29, 1.82) is 0 Å². The number of nitrogens with one attached hydrogen (secondary N) is 1. The molecule has 1 aliphatic heterocycles. The number of urea groups is 1. The average Bonchev–Trinajstić information content (AvgIpc) is 2.83. The van der Waals surface area contributed by atoms with E-state index in [9.17, 15) is 19.5 Å². The van der Waals surface area contributed by atoms with Crippen LogP contribution in [0.1, 0.15) is 18.1 Å². The van der Waals surface area contributed by atoms with E-state index in [2.05, 4.69) is 5.32 Å². The fraction of sp³-hybridized carbons (Fsp3) is 0.115. The number of nitrogens with zero attached hydrogens (tertiary/aromatic N) is 1. The SMILES string of the molecule is CCOc1cc(C=C2C(=O)NC(=O)N(c3ccc(O)cc3)C2=O)ccc1OCc1ccccc1Cl. The number of anilines is 1. The lowest BCUT2D eigenvalue weighted by Gasteiger charge is -2.26. The van der Waals surface area contributed by atoms with Crippen molar-refractivity contribution in [3.63, 3.8) is 0 Å². The number of ether oxygens (including phenoxy) is 2. The third-order valence-electron chi connectivity index (χ3n) is 5.13. The lowest BCUT2D eigenvalue weighted by atomic mass is 10.1. The summed E-state index contributed by atoms with van der Waals surface area (Å²) in [6, 6.07) is 16.9. The molecule has 0 aromatic heterocycles. The van der Waals surface area contributed by atoms with Gasteiger partial charge in [0.25, 0.3) is 11.8 Å². The monoisotopic (exact) mass is 492 g/mol. The molecule has 0 atom stereocenters. The van der Waals surface area contributed by atoms with Crippen molar-refractivity contribution in [1.82, 2.24) is 5.32 Å². The van der Waals surface area contributed by atoms with E-state index in [4.69, 9.17) is 21.1 Å². The minimum Gasteiger partial charge on any atom is -0.508 e. The Labute approximate surface area is 206 Å². The molecule has 3 aromatic carbocycles. The first-order valence-corrected chi connectivity index (χ1v) is 11.1. The number of halogens is 1. The molecule has 0 spiro atoms. The van der Waals surface area contributed by atoms with E-state index < -0.39 is 17.8 Å². The molecule has 9 heteroatoms. The maximum atomic E-state index is 13.0. The van der Waals surface area contributed by atoms with Crippen molar-refractivity contribution >= 4 is 41.2 Å². The van der Waals surface area contributed by atoms with Gasteiger partial charge >= 0.3 is 6.03 Å². The van der Waals surface area contributed by atoms with Crippen LogP contribution in [0.3, 0.4) is 0 Å². The number of amides is 4. The molecule has 0 unspecified atom stereocenters. The molecular weight excluding hydrogens is 472 g/mol. The lowest BCUT2D eigenvalue weighted by Crippen LogP contribution is -2.54. The third-order valence-corrected chi connectivity index (χ3v) is 5.50. The number of carbonyl (C=O) groups is 3. The highest BCUT2D eigenvalue weighted by Crippen LogP contribution is 2.31. The number of phenols is 1. The normalized spacial score (nSPS) is 14.7. The second-order valence-electron chi connectivity index (χ2n) is 7.49. The number of barbiturate groups is 1. The summed E-state index contributed by atoms with van der Waals surface area (Å²) < 4.78 is 11.6. The van der Waals surface area contributed by atoms with Crippen LogP contribution in [0.5, 0.6) is 17.2 Å². The number of hydrogen-bond acceptors (Lipinski definition) is 6. The van der Waals surface area contributed by atoms with Crippen LogP contribution < -0.4 is 19.7 Å². The van der Waals surface area contributed by atoms with E-state index in [0.29, 0.717) is 28.7 Å². The standard InChI is InChI=1S/C26H21ClN2O6/c1-2-34-23-14-16(7-12-22(23)35-15-17-5-3-4-6-21(17)27)13-20-24(31)28-26(33)29(25(20)32)18-8-10-19(30)11-9-18/h3-14,30H,2,15H2,1H3,(H,28,31,33). The van der Waals surface area contributed by atoms with E-state index in [-0.39, 0.29) is 23.6 Å². The zero-order valence-electron chi connectivity index (χ0n) is 18.7. The van der Waals surface area contributed by atoms with E-state index in [1.54, 1.807) is 24.3 Å². The van der Waals surface area contributed by atoms with Gasteiger partial charge in [-0.25, -0.2) is 9.69 Å². The van der Waals surface area contributed by atoms with Crippen molar-refractivity contribution in [2.75, 3.05) is 11.5 Å². The summed E-state index contributed by atoms with van der Waals surface area (Å²) >= 11 is 6.20. The van der Waals surface area contributed by atoms with Crippen LogP contribution in [0, 0.1) is 0 Å². The number of rotatable bonds is 7. The third kappa shape index (κ3) is 5.28. The van der Waals surface area contributed by atoms with Crippen LogP contribution in [0.2, 0.25) is 5.02 Å². The summed E-state index contributed by atoms with van der Waals surface area (Å²) in [5.41, 5.74) is 1.29. The van der Waals surface area contributed by atoms with Gasteiger partial charge in [0.2, 0.25) is 0 Å². The first-order valence-electron chi connectivity index (χ1n) is 10.7. The fourth-order valence-electron chi connectivity index (χ4n) is 3.43. The zero-order chi connectivity index (χ0) is 24.9. The minimum absolute atomic E-state index is 0.0224. The predicted molar refractivity (Wildman–Crippen MR) is 131 cm³/mol. The maximum absolute atomic E-state index is 13.0. The molecule has 8 nitrogen and oxygen atoms in total. The average molecular weight is 493 g/mol. The molecule has 0 bridgehead atoms. The minimum atomic E-state index is -0.874. The second-order valence-corrected chi connectivity index (χ2v) is 7.90. The van der Waals surface area contributed by atoms with Crippen molar-refractivity contribution in [2.24, 2.45) is 0 Å². The van der Waals surface area contributed by atoms with E-state index in [1.165, 1.54) is 30.3 Å². The predicted octanol–water partition coefficient (Wildman–Crippen LogP) is 4.69. The largest absolute Gasteiger partial charge is 0.508 e. The van der Waals surface area contributed by atoms with Crippen LogP contribution >= 0.6 is 11.6 Å². The summed E-state index contributed by atoms with van der Waals surface area (Å²) in [4.78, 5) is 38.7. The molecule has 35 heavy (non-hydrogen) atoms. The van der Waals surface area contributed by atoms with Gasteiger partial charge in [0, 0.05) is 10.6 Å². The first-order chi connectivity index (χ1) is 16.9. The Bertz CT molecular complexity index is 1320. The van der Waals surface area contributed by atoms with Crippen molar-refractivity contribution < 1.29 is 29.0 Å². The highest BCUT2D eigenvalue weighted by Gasteiger charge is 2.36. The summed E-state index contributed by atoms with van der Waals surface area (Å²) in [5.74, 6) is -0.738. The van der Waals surface area contributed by atoms with Crippen molar-refractivity contribution in [3.05, 3.63) is 88.5 Å². The smallest absolute Gasteiger partial charge is 0.335 e. The molecule has 1 aliphatic rings. The lowest BCUT2D eigenvalue weighted by molar-refractivity contribution is -0.122. The van der Waals surface area contributed by atoms with Gasteiger partial charge in [0.15, 0.2) is 11.5 Å². The van der Waals surface area contributed by atoms with E-state index in [1.807, 2.05) is 25.1 Å². The van der Waals surface area contributed by atoms with Gasteiger partial charge in [-0.1, -0.05) is 35.9 Å². The number of carbonyl (C=O) groups excluding carboxylic acids is 3. The number of benzene rings is 3. The van der Waals surface area contributed by atoms with Gasteiger partial charge in [-0.3, -0.25) is 14.9 Å². The summed E-state index contributed by atoms with van der Waals surface area (Å²) in [7, 11) is 0. The molecular formula is C26H21ClN2O6. The van der Waals surface area contributed by atoms with Crippen LogP contribution in [-0.4, -0.2) is 29.6 Å². The van der Waals surface area contributed by atoms with Crippen molar-refractivity contribution in [2.45, 2.75) is 13.5 Å². The Morgan fingerprint density at radius 1 is 0.971 bits per heavy atom. The van der Waals surface area contributed by atoms with Gasteiger partial charge in [-0.15, -0.1) is 0 Å². The van der Waals surface area contributed by atoms with Crippen molar-refractivity contribution in [3.8, 4) is 17.2 Å². The molecule has 1 fully saturated rings. The van der Waals surface area contributed by atoms with Gasteiger partial charge in [-0.05, 0) is 61.0 Å². The summed E-state index contributed by atoms with van der Waals surface area (Å²) in [6.45, 7) is 2.41. The topological polar surface area (TPSA) is 105 Å². The van der Waals surface area contributed by atoms with Gasteiger partial charge in [0.05, 0.1) is 12.3 Å². The van der Waals surface area contributed by atoms with Gasteiger partial charge in [-0.2, -0.15) is 0 Å². The molecule has 0 radical (unpaired) electrons. The Kier molecular flexibility index (Phi) is 7.03. The summed E-state index contributed by atoms with van der Waals surface area (Å²) in [6.07, 6.45) is 1.37. The Balaban J connectivity index is 1.61. The molecule has 2 N–H and O–H groups in total. The van der Waals surface area contributed by atoms with Crippen LogP contribution in [-0.2, 0) is 16.2 Å². The number of phenolic OH excluding ortho intramolecular Hbond substituents is 1. The maximum Gasteiger partial charge on any atom is 0.335 e. The van der Waals surface area contributed by atoms with Crippen LogP contribution in [0.15, 0.2) is 72.3 Å². The highest BCUT2D eigenvalue weighted by atomic mass is 35.5. The molecule has 178 valence electrons. The number of aromatic hydroxyl groups is 1. The second kappa shape index (κ2) is 10.3. The Hall–Kier alpha value is -4.30. The highest BCUT2D eigenvalue weighted by molar-refractivity contribution is 6.39. The molecule has 4 amide bonds. The molecule has 1 saturated heterocycles. The molecule has 1 heterocycles. The molecule has 0 saturated carbocycles. The van der Waals surface area contributed by atoms with E-state index in [0.717, 1.165) is 10.5 Å². The Morgan fingerprint density at radius 3 is 2.43 bits per heavy atom.